The van der Waals surface area contributed by atoms with Crippen molar-refractivity contribution in [3.05, 3.63) is 50.5 Å². The van der Waals surface area contributed by atoms with Crippen molar-refractivity contribution in [2.24, 2.45) is 0 Å². The molecule has 3 rings (SSSR count). The van der Waals surface area contributed by atoms with Crippen LogP contribution in [-0.4, -0.2) is 26.5 Å². The zero-order valence-corrected chi connectivity index (χ0v) is 14.2. The van der Waals surface area contributed by atoms with Crippen LogP contribution in [0, 0.1) is 0 Å². The topological polar surface area (TPSA) is 86.7 Å². The van der Waals surface area contributed by atoms with Crippen LogP contribution < -0.4 is 9.62 Å². The summed E-state index contributed by atoms with van der Waals surface area (Å²) in [6.07, 6.45) is 0. The summed E-state index contributed by atoms with van der Waals surface area (Å²) in [7, 11) is -2.81. The van der Waals surface area contributed by atoms with Crippen molar-refractivity contribution in [1.82, 2.24) is 0 Å². The number of carbonyl (C=O) groups is 1. The van der Waals surface area contributed by atoms with E-state index in [4.69, 9.17) is 11.6 Å². The van der Waals surface area contributed by atoms with E-state index in [9.17, 15) is 18.3 Å². The highest BCUT2D eigenvalue weighted by Gasteiger charge is 2.40. The van der Waals surface area contributed by atoms with Crippen molar-refractivity contribution >= 4 is 56.0 Å². The van der Waals surface area contributed by atoms with E-state index in [0.717, 1.165) is 15.6 Å². The number of thiophene rings is 1. The third-order valence-corrected chi connectivity index (χ3v) is 6.28. The van der Waals surface area contributed by atoms with Gasteiger partial charge in [-0.25, -0.2) is 8.42 Å². The summed E-state index contributed by atoms with van der Waals surface area (Å²) in [6.45, 7) is 0. The van der Waals surface area contributed by atoms with Gasteiger partial charge in [-0.1, -0.05) is 17.7 Å². The van der Waals surface area contributed by atoms with Crippen LogP contribution in [0.5, 0.6) is 0 Å². The molecule has 0 spiro atoms. The standard InChI is InChI=1S/C14H11ClN2O4S2/c1-17-10-5-6-22-12(10)11(18)13(23(17,20)21)14(19)16-9-4-2-3-8(15)7-9/h2-7,18H,1H3,(H,16,19). The Kier molecular flexibility index (Phi) is 3.83. The van der Waals surface area contributed by atoms with Gasteiger partial charge in [-0.3, -0.25) is 9.10 Å². The molecule has 120 valence electrons. The van der Waals surface area contributed by atoms with Crippen molar-refractivity contribution in [3.8, 4) is 0 Å². The molecule has 0 radical (unpaired) electrons. The number of sulfonamides is 1. The van der Waals surface area contributed by atoms with Gasteiger partial charge in [-0.15, -0.1) is 11.3 Å². The predicted octanol–water partition coefficient (Wildman–Crippen LogP) is 3.05. The Morgan fingerprint density at radius 2 is 2.09 bits per heavy atom. The fourth-order valence-corrected chi connectivity index (χ4v) is 4.70. The van der Waals surface area contributed by atoms with E-state index in [0.29, 0.717) is 21.3 Å². The minimum atomic E-state index is -4.14. The monoisotopic (exact) mass is 370 g/mol. The summed E-state index contributed by atoms with van der Waals surface area (Å²) in [5.41, 5.74) is 0.671. The molecule has 1 aliphatic heterocycles. The number of hydrogen-bond donors (Lipinski definition) is 2. The fourth-order valence-electron chi connectivity index (χ4n) is 2.20. The van der Waals surface area contributed by atoms with Crippen molar-refractivity contribution < 1.29 is 18.3 Å². The largest absolute Gasteiger partial charge is 0.505 e. The number of rotatable bonds is 2. The molecule has 9 heteroatoms. The second-order valence-electron chi connectivity index (χ2n) is 4.75. The van der Waals surface area contributed by atoms with Gasteiger partial charge in [0.05, 0.1) is 10.6 Å². The molecule has 2 aromatic rings. The molecule has 0 saturated carbocycles. The number of aliphatic hydroxyl groups is 1. The molecule has 1 amide bonds. The fraction of sp³-hybridized carbons (Fsp3) is 0.0714. The Morgan fingerprint density at radius 3 is 2.78 bits per heavy atom. The van der Waals surface area contributed by atoms with Crippen LogP contribution >= 0.6 is 22.9 Å². The molecule has 23 heavy (non-hydrogen) atoms. The van der Waals surface area contributed by atoms with Crippen LogP contribution in [-0.2, 0) is 14.8 Å². The van der Waals surface area contributed by atoms with Crippen molar-refractivity contribution in [2.45, 2.75) is 0 Å². The van der Waals surface area contributed by atoms with Gasteiger partial charge >= 0.3 is 0 Å². The van der Waals surface area contributed by atoms with Gasteiger partial charge in [0, 0.05) is 17.8 Å². The van der Waals surface area contributed by atoms with E-state index in [2.05, 4.69) is 5.32 Å². The first-order chi connectivity index (χ1) is 10.8. The van der Waals surface area contributed by atoms with Crippen LogP contribution in [0.1, 0.15) is 4.88 Å². The van der Waals surface area contributed by atoms with Gasteiger partial charge in [0.25, 0.3) is 15.9 Å². The van der Waals surface area contributed by atoms with Gasteiger partial charge in [0.1, 0.15) is 0 Å². The van der Waals surface area contributed by atoms with E-state index in [1.54, 1.807) is 29.6 Å². The number of nitrogens with one attached hydrogen (secondary N) is 1. The average Bonchev–Trinajstić information content (AvgIpc) is 2.94. The molecule has 1 aromatic carbocycles. The maximum atomic E-state index is 12.5. The van der Waals surface area contributed by atoms with Gasteiger partial charge in [0.2, 0.25) is 0 Å². The molecule has 2 N–H and O–H groups in total. The SMILES string of the molecule is CN1c2ccsc2C(O)=C(C(=O)Nc2cccc(Cl)c2)S1(=O)=O. The number of fused-ring (bicyclic) bond motifs is 1. The molecule has 2 heterocycles. The van der Waals surface area contributed by atoms with Crippen LogP contribution in [0.3, 0.4) is 0 Å². The number of hydrogen-bond acceptors (Lipinski definition) is 5. The predicted molar refractivity (Wildman–Crippen MR) is 91.3 cm³/mol. The molecule has 0 saturated heterocycles. The summed E-state index contributed by atoms with van der Waals surface area (Å²) in [4.78, 5) is 12.1. The number of carbonyl (C=O) groups excluding carboxylic acids is 1. The second-order valence-corrected chi connectivity index (χ2v) is 8.01. The maximum absolute atomic E-state index is 12.5. The van der Waals surface area contributed by atoms with E-state index in [-0.39, 0.29) is 0 Å². The summed E-state index contributed by atoms with van der Waals surface area (Å²) < 4.78 is 26.0. The van der Waals surface area contributed by atoms with E-state index < -0.39 is 26.6 Å². The maximum Gasteiger partial charge on any atom is 0.273 e. The van der Waals surface area contributed by atoms with E-state index in [1.165, 1.54) is 13.1 Å². The van der Waals surface area contributed by atoms with Crippen LogP contribution in [0.2, 0.25) is 5.02 Å². The van der Waals surface area contributed by atoms with Gasteiger partial charge in [-0.2, -0.15) is 0 Å². The molecule has 0 fully saturated rings. The minimum absolute atomic E-state index is 0.331. The molecule has 0 atom stereocenters. The number of aliphatic hydroxyl groups excluding tert-OH is 1. The highest BCUT2D eigenvalue weighted by molar-refractivity contribution is 7.97. The third-order valence-electron chi connectivity index (χ3n) is 3.32. The summed E-state index contributed by atoms with van der Waals surface area (Å²) >= 11 is 6.99. The number of anilines is 2. The number of amides is 1. The second kappa shape index (κ2) is 5.55. The summed E-state index contributed by atoms with van der Waals surface area (Å²) in [6, 6.07) is 7.85. The van der Waals surface area contributed by atoms with Crippen molar-refractivity contribution in [3.63, 3.8) is 0 Å². The lowest BCUT2D eigenvalue weighted by molar-refractivity contribution is -0.112. The number of nitrogens with zero attached hydrogens (tertiary/aromatic N) is 1. The molecule has 0 bridgehead atoms. The normalized spacial score (nSPS) is 16.2. The molecule has 6 nitrogen and oxygen atoms in total. The summed E-state index contributed by atoms with van der Waals surface area (Å²) in [5.74, 6) is -1.47. The molecule has 1 aliphatic rings. The Bertz CT molecular complexity index is 934. The van der Waals surface area contributed by atoms with Crippen molar-refractivity contribution in [1.29, 1.82) is 0 Å². The lowest BCUT2D eigenvalue weighted by atomic mass is 10.3. The highest BCUT2D eigenvalue weighted by atomic mass is 35.5. The van der Waals surface area contributed by atoms with Crippen LogP contribution in [0.25, 0.3) is 5.76 Å². The highest BCUT2D eigenvalue weighted by Crippen LogP contribution is 2.40. The van der Waals surface area contributed by atoms with Gasteiger partial charge < -0.3 is 10.4 Å². The zero-order chi connectivity index (χ0) is 16.8. The zero-order valence-electron chi connectivity index (χ0n) is 11.8. The van der Waals surface area contributed by atoms with Gasteiger partial charge in [-0.05, 0) is 29.6 Å². The Morgan fingerprint density at radius 1 is 1.35 bits per heavy atom. The number of halogens is 1. The van der Waals surface area contributed by atoms with Crippen LogP contribution in [0.15, 0.2) is 40.6 Å². The minimum Gasteiger partial charge on any atom is -0.505 e. The lowest BCUT2D eigenvalue weighted by Gasteiger charge is -2.26. The van der Waals surface area contributed by atoms with Crippen molar-refractivity contribution in [2.75, 3.05) is 16.7 Å². The Hall–Kier alpha value is -2.03. The Labute approximate surface area is 141 Å². The Balaban J connectivity index is 2.07. The quantitative estimate of drug-likeness (QED) is 0.850. The van der Waals surface area contributed by atoms with E-state index in [1.807, 2.05) is 0 Å². The smallest absolute Gasteiger partial charge is 0.273 e. The first kappa shape index (κ1) is 15.9. The molecule has 1 aromatic heterocycles. The number of benzene rings is 1. The van der Waals surface area contributed by atoms with E-state index >= 15 is 0 Å². The molecular weight excluding hydrogens is 360 g/mol. The molecule has 0 aliphatic carbocycles. The van der Waals surface area contributed by atoms with Crippen LogP contribution in [0.4, 0.5) is 11.4 Å². The lowest BCUT2D eigenvalue weighted by Crippen LogP contribution is -2.36. The first-order valence-electron chi connectivity index (χ1n) is 6.39. The summed E-state index contributed by atoms with van der Waals surface area (Å²) in [5, 5.41) is 14.7. The molecule has 0 unspecified atom stereocenters. The first-order valence-corrected chi connectivity index (χ1v) is 9.09. The third kappa shape index (κ3) is 2.58. The van der Waals surface area contributed by atoms with Gasteiger partial charge in [0.15, 0.2) is 10.7 Å². The average molecular weight is 371 g/mol. The molecular formula is C14H11ClN2O4S2.